The largest absolute Gasteiger partial charge is 0.368 e. The van der Waals surface area contributed by atoms with Gasteiger partial charge in [0.15, 0.2) is 0 Å². The monoisotopic (exact) mass is 372 g/mol. The Kier molecular flexibility index (Phi) is 5.04. The van der Waals surface area contributed by atoms with Crippen LogP contribution in [0.5, 0.6) is 0 Å². The normalized spacial score (nSPS) is 23.3. The molecule has 2 saturated heterocycles. The van der Waals surface area contributed by atoms with Crippen molar-refractivity contribution < 1.29 is 14.4 Å². The number of aromatic nitrogens is 1. The molecular weight excluding hydrogens is 348 g/mol. The number of piperidine rings is 1. The van der Waals surface area contributed by atoms with E-state index in [1.54, 1.807) is 17.2 Å². The Morgan fingerprint density at radius 3 is 2.81 bits per heavy atom. The molecule has 3 N–H and O–H groups in total. The summed E-state index contributed by atoms with van der Waals surface area (Å²) in [5.41, 5.74) is 1.41. The fourth-order valence-electron chi connectivity index (χ4n) is 3.90. The second-order valence-corrected chi connectivity index (χ2v) is 7.10. The third kappa shape index (κ3) is 3.65. The summed E-state index contributed by atoms with van der Waals surface area (Å²) in [6.07, 6.45) is 2.24. The number of piperazine rings is 1. The van der Waals surface area contributed by atoms with E-state index in [1.165, 1.54) is 0 Å². The molecule has 144 valence electrons. The molecule has 2 fully saturated rings. The smallest absolute Gasteiger partial charge is 0.255 e. The van der Waals surface area contributed by atoms with Crippen molar-refractivity contribution >= 4 is 23.5 Å². The zero-order valence-corrected chi connectivity index (χ0v) is 15.2. The Labute approximate surface area is 157 Å². The first-order chi connectivity index (χ1) is 13.1. The highest BCUT2D eigenvalue weighted by Crippen LogP contribution is 2.30. The number of carbonyl (C=O) groups excluding carboxylic acids is 3. The number of carbonyl (C=O) groups is 3. The Bertz CT molecular complexity index is 761. The molecule has 3 aliphatic heterocycles. The molecule has 4 rings (SSSR count). The summed E-state index contributed by atoms with van der Waals surface area (Å²) >= 11 is 0. The van der Waals surface area contributed by atoms with E-state index in [2.05, 4.69) is 25.8 Å². The first-order valence-electron chi connectivity index (χ1n) is 9.43. The van der Waals surface area contributed by atoms with Crippen molar-refractivity contribution in [3.8, 4) is 0 Å². The minimum absolute atomic E-state index is 0.174. The summed E-state index contributed by atoms with van der Waals surface area (Å²) in [5, 5.41) is 9.01. The van der Waals surface area contributed by atoms with Crippen LogP contribution < -0.4 is 16.0 Å². The lowest BCUT2D eigenvalue weighted by Gasteiger charge is -2.29. The number of fused-ring (bicyclic) bond motifs is 1. The number of anilines is 1. The summed E-state index contributed by atoms with van der Waals surface area (Å²) in [7, 11) is 0. The maximum Gasteiger partial charge on any atom is 0.255 e. The number of nitrogens with zero attached hydrogens (tertiary/aromatic N) is 3. The van der Waals surface area contributed by atoms with E-state index in [-0.39, 0.29) is 18.2 Å². The highest BCUT2D eigenvalue weighted by molar-refractivity contribution is 6.05. The van der Waals surface area contributed by atoms with E-state index >= 15 is 0 Å². The van der Waals surface area contributed by atoms with Gasteiger partial charge in [0.1, 0.15) is 11.9 Å². The predicted octanol–water partition coefficient (Wildman–Crippen LogP) is -0.840. The third-order valence-electron chi connectivity index (χ3n) is 5.39. The van der Waals surface area contributed by atoms with Gasteiger partial charge in [0.25, 0.3) is 5.91 Å². The average molecular weight is 372 g/mol. The van der Waals surface area contributed by atoms with Crippen molar-refractivity contribution in [2.75, 3.05) is 44.6 Å². The van der Waals surface area contributed by atoms with Crippen LogP contribution in [-0.2, 0) is 16.1 Å². The van der Waals surface area contributed by atoms with Crippen molar-refractivity contribution in [3.05, 3.63) is 23.4 Å². The number of nitrogens with one attached hydrogen (secondary N) is 3. The van der Waals surface area contributed by atoms with Gasteiger partial charge in [-0.15, -0.1) is 0 Å². The van der Waals surface area contributed by atoms with E-state index in [9.17, 15) is 14.4 Å². The van der Waals surface area contributed by atoms with E-state index in [0.717, 1.165) is 44.8 Å². The van der Waals surface area contributed by atoms with Gasteiger partial charge in [-0.3, -0.25) is 24.6 Å². The van der Waals surface area contributed by atoms with Crippen molar-refractivity contribution in [2.45, 2.75) is 25.4 Å². The van der Waals surface area contributed by atoms with Gasteiger partial charge in [-0.1, -0.05) is 0 Å². The molecule has 1 atom stereocenters. The summed E-state index contributed by atoms with van der Waals surface area (Å²) in [6, 6.07) is 1.10. The fraction of sp³-hybridized carbons (Fsp3) is 0.556. The Morgan fingerprint density at radius 2 is 2.04 bits per heavy atom. The maximum absolute atomic E-state index is 12.8. The number of hydrogen-bond acceptors (Lipinski definition) is 7. The van der Waals surface area contributed by atoms with Crippen molar-refractivity contribution in [1.29, 1.82) is 0 Å². The molecular formula is C18H24N6O3. The fourth-order valence-corrected chi connectivity index (χ4v) is 3.90. The maximum atomic E-state index is 12.8. The average Bonchev–Trinajstić information content (AvgIpc) is 3.00. The highest BCUT2D eigenvalue weighted by Gasteiger charge is 2.40. The van der Waals surface area contributed by atoms with Crippen LogP contribution >= 0.6 is 0 Å². The minimum Gasteiger partial charge on any atom is -0.368 e. The van der Waals surface area contributed by atoms with Gasteiger partial charge >= 0.3 is 0 Å². The molecule has 0 bridgehead atoms. The molecule has 1 unspecified atom stereocenters. The van der Waals surface area contributed by atoms with Crippen molar-refractivity contribution in [1.82, 2.24) is 25.4 Å². The van der Waals surface area contributed by atoms with Crippen LogP contribution in [0.15, 0.2) is 12.3 Å². The number of pyridine rings is 1. The first kappa shape index (κ1) is 17.9. The summed E-state index contributed by atoms with van der Waals surface area (Å²) in [4.78, 5) is 44.6. The van der Waals surface area contributed by atoms with Gasteiger partial charge in [0.05, 0.1) is 6.54 Å². The lowest BCUT2D eigenvalue weighted by Crippen LogP contribution is -2.52. The van der Waals surface area contributed by atoms with Gasteiger partial charge in [-0.25, -0.2) is 4.98 Å². The van der Waals surface area contributed by atoms with Crippen LogP contribution in [0, 0.1) is 0 Å². The summed E-state index contributed by atoms with van der Waals surface area (Å²) in [6.45, 7) is 6.08. The molecule has 4 heterocycles. The molecule has 1 aromatic rings. The molecule has 9 nitrogen and oxygen atoms in total. The van der Waals surface area contributed by atoms with Crippen LogP contribution in [0.25, 0.3) is 0 Å². The molecule has 0 aliphatic carbocycles. The first-order valence-corrected chi connectivity index (χ1v) is 9.43. The summed E-state index contributed by atoms with van der Waals surface area (Å²) in [5.74, 6) is -0.149. The van der Waals surface area contributed by atoms with E-state index in [4.69, 9.17) is 0 Å². The highest BCUT2D eigenvalue weighted by atomic mass is 16.2. The Hall–Kier alpha value is -2.52. The van der Waals surface area contributed by atoms with E-state index < -0.39 is 11.9 Å². The van der Waals surface area contributed by atoms with Crippen LogP contribution in [0.1, 0.15) is 28.8 Å². The Morgan fingerprint density at radius 1 is 1.22 bits per heavy atom. The molecule has 0 radical (unpaired) electrons. The number of imide groups is 1. The molecule has 9 heteroatoms. The lowest BCUT2D eigenvalue weighted by molar-refractivity contribution is -0.136. The van der Waals surface area contributed by atoms with Crippen molar-refractivity contribution in [3.63, 3.8) is 0 Å². The minimum atomic E-state index is -0.601. The van der Waals surface area contributed by atoms with E-state index in [1.807, 2.05) is 0 Å². The number of rotatable bonds is 5. The van der Waals surface area contributed by atoms with Crippen molar-refractivity contribution in [2.24, 2.45) is 0 Å². The van der Waals surface area contributed by atoms with Gasteiger partial charge in [0.2, 0.25) is 11.8 Å². The number of amides is 3. The molecule has 0 spiro atoms. The van der Waals surface area contributed by atoms with Gasteiger partial charge in [-0.05, 0) is 12.5 Å². The quantitative estimate of drug-likeness (QED) is 0.579. The second-order valence-electron chi connectivity index (χ2n) is 7.10. The lowest BCUT2D eigenvalue weighted by atomic mass is 10.0. The Balaban J connectivity index is 1.42. The zero-order chi connectivity index (χ0) is 18.8. The second kappa shape index (κ2) is 7.61. The molecule has 0 saturated carbocycles. The van der Waals surface area contributed by atoms with Crippen LogP contribution in [0.3, 0.4) is 0 Å². The zero-order valence-electron chi connectivity index (χ0n) is 15.2. The van der Waals surface area contributed by atoms with Gasteiger partial charge in [0, 0.05) is 63.0 Å². The third-order valence-corrected chi connectivity index (χ3v) is 5.39. The topological polar surface area (TPSA) is 107 Å². The van der Waals surface area contributed by atoms with E-state index in [0.29, 0.717) is 24.3 Å². The van der Waals surface area contributed by atoms with Crippen LogP contribution in [-0.4, -0.2) is 77.8 Å². The van der Waals surface area contributed by atoms with Gasteiger partial charge in [-0.2, -0.15) is 0 Å². The van der Waals surface area contributed by atoms with Gasteiger partial charge < -0.3 is 15.5 Å². The van der Waals surface area contributed by atoms with Crippen LogP contribution in [0.4, 0.5) is 5.82 Å². The molecule has 3 amide bonds. The molecule has 27 heavy (non-hydrogen) atoms. The van der Waals surface area contributed by atoms with Crippen LogP contribution in [0.2, 0.25) is 0 Å². The number of hydrogen-bond donors (Lipinski definition) is 3. The molecule has 1 aromatic heterocycles. The molecule has 0 aromatic carbocycles. The standard InChI is InChI=1S/C18H24N6O3/c25-15-2-1-14(17(26)22-15)24-11-13-12(18(24)27)3-4-20-16(13)21-7-10-23-8-5-19-6-9-23/h3-4,14,19H,1-2,5-11H2,(H,20,21)(H,22,25,26). The SMILES string of the molecule is O=C1CCC(N2Cc3c(ccnc3NCCN3CCNCC3)C2=O)C(=O)N1. The molecule has 3 aliphatic rings. The predicted molar refractivity (Wildman–Crippen MR) is 98.1 cm³/mol. The summed E-state index contributed by atoms with van der Waals surface area (Å²) < 4.78 is 0.